The van der Waals surface area contributed by atoms with Crippen molar-refractivity contribution < 1.29 is 22.3 Å². The highest BCUT2D eigenvalue weighted by atomic mass is 35.5. The lowest BCUT2D eigenvalue weighted by atomic mass is 10.3. The molecule has 0 radical (unpaired) electrons. The van der Waals surface area contributed by atoms with Crippen LogP contribution in [0.15, 0.2) is 52.5 Å². The van der Waals surface area contributed by atoms with E-state index in [1.807, 2.05) is 0 Å². The van der Waals surface area contributed by atoms with Gasteiger partial charge < -0.3 is 15.9 Å². The van der Waals surface area contributed by atoms with Gasteiger partial charge >= 0.3 is 0 Å². The molecule has 0 aliphatic heterocycles. The number of amides is 1. The number of anilines is 1. The number of carbonyl (C=O) groups is 1. The molecule has 0 bridgehead atoms. The second-order valence-electron chi connectivity index (χ2n) is 6.24. The van der Waals surface area contributed by atoms with Crippen molar-refractivity contribution in [2.24, 2.45) is 0 Å². The number of para-hydroxylation sites is 1. The molecule has 3 N–H and O–H groups in total. The maximum absolute atomic E-state index is 13.6. The van der Waals surface area contributed by atoms with Crippen LogP contribution in [0.2, 0.25) is 5.02 Å². The number of sulfone groups is 1. The molecule has 0 unspecified atom stereocenters. The third-order valence-corrected chi connectivity index (χ3v) is 6.28. The first kappa shape index (κ1) is 22.8. The van der Waals surface area contributed by atoms with Crippen molar-refractivity contribution in [1.82, 2.24) is 14.9 Å². The third kappa shape index (κ3) is 5.87. The molecule has 164 valence electrons. The van der Waals surface area contributed by atoms with Gasteiger partial charge in [0.1, 0.15) is 6.61 Å². The molecule has 1 aromatic heterocycles. The van der Waals surface area contributed by atoms with Crippen LogP contribution in [-0.4, -0.2) is 41.2 Å². The van der Waals surface area contributed by atoms with Crippen LogP contribution in [-0.2, 0) is 21.2 Å². The molecule has 0 saturated carbocycles. The molecule has 1 heterocycles. The molecule has 3 aromatic rings. The van der Waals surface area contributed by atoms with Crippen LogP contribution in [0, 0.1) is 5.82 Å². The van der Waals surface area contributed by atoms with Gasteiger partial charge in [0.2, 0.25) is 11.1 Å². The fraction of sp³-hybridized carbons (Fsp3) is 0.167. The van der Waals surface area contributed by atoms with Gasteiger partial charge in [-0.25, -0.2) is 17.5 Å². The minimum absolute atomic E-state index is 0.0287. The third-order valence-electron chi connectivity index (χ3n) is 3.90. The summed E-state index contributed by atoms with van der Waals surface area (Å²) in [6, 6.07) is 9.92. The highest BCUT2D eigenvalue weighted by Gasteiger charge is 2.16. The van der Waals surface area contributed by atoms with E-state index in [9.17, 15) is 17.6 Å². The minimum atomic E-state index is -3.45. The van der Waals surface area contributed by atoms with Crippen molar-refractivity contribution in [2.75, 3.05) is 23.2 Å². The van der Waals surface area contributed by atoms with Gasteiger partial charge in [0, 0.05) is 6.26 Å². The topological polar surface area (TPSA) is 129 Å². The number of hydrogen-bond acceptors (Lipinski definition) is 8. The summed E-state index contributed by atoms with van der Waals surface area (Å²) in [4.78, 5) is 12.3. The van der Waals surface area contributed by atoms with E-state index in [0.717, 1.165) is 22.7 Å². The largest absolute Gasteiger partial charge is 0.482 e. The molecule has 0 atom stereocenters. The zero-order valence-corrected chi connectivity index (χ0v) is 18.5. The van der Waals surface area contributed by atoms with Gasteiger partial charge in [-0.3, -0.25) is 4.79 Å². The number of nitrogen functional groups attached to an aromatic ring is 1. The van der Waals surface area contributed by atoms with Gasteiger partial charge in [-0.2, -0.15) is 0 Å². The van der Waals surface area contributed by atoms with Gasteiger partial charge in [0.05, 0.1) is 21.4 Å². The summed E-state index contributed by atoms with van der Waals surface area (Å²) in [6.45, 7) is -0.120. The Morgan fingerprint density at radius 3 is 2.74 bits per heavy atom. The van der Waals surface area contributed by atoms with Crippen molar-refractivity contribution in [2.45, 2.75) is 16.7 Å². The molecule has 31 heavy (non-hydrogen) atoms. The van der Waals surface area contributed by atoms with Gasteiger partial charge in [0.15, 0.2) is 27.2 Å². The van der Waals surface area contributed by atoms with Crippen LogP contribution in [0.4, 0.5) is 10.1 Å². The molecule has 0 aliphatic rings. The maximum atomic E-state index is 13.6. The van der Waals surface area contributed by atoms with Crippen LogP contribution in [0.3, 0.4) is 0 Å². The summed E-state index contributed by atoms with van der Waals surface area (Å²) in [5.74, 6) is 5.13. The van der Waals surface area contributed by atoms with Gasteiger partial charge in [-0.15, -0.1) is 10.2 Å². The number of hydrogen-bond donors (Lipinski definition) is 2. The number of nitrogens with zero attached hydrogens (tertiary/aromatic N) is 3. The second kappa shape index (κ2) is 9.54. The van der Waals surface area contributed by atoms with Crippen molar-refractivity contribution >= 4 is 44.8 Å². The summed E-state index contributed by atoms with van der Waals surface area (Å²) in [5, 5.41) is 10.7. The van der Waals surface area contributed by atoms with E-state index in [2.05, 4.69) is 15.5 Å². The van der Waals surface area contributed by atoms with Crippen LogP contribution < -0.4 is 15.9 Å². The Morgan fingerprint density at radius 2 is 2.03 bits per heavy atom. The van der Waals surface area contributed by atoms with Gasteiger partial charge in [-0.05, 0) is 30.3 Å². The van der Waals surface area contributed by atoms with Crippen LogP contribution >= 0.6 is 23.4 Å². The van der Waals surface area contributed by atoms with E-state index >= 15 is 0 Å². The Labute approximate surface area is 186 Å². The molecule has 2 aromatic carbocycles. The number of rotatable bonds is 8. The molecule has 9 nitrogen and oxygen atoms in total. The quantitative estimate of drug-likeness (QED) is 0.367. The molecule has 0 saturated heterocycles. The molecule has 3 rings (SSSR count). The summed E-state index contributed by atoms with van der Waals surface area (Å²) in [5.41, 5.74) is 0.170. The monoisotopic (exact) mass is 485 g/mol. The Hall–Kier alpha value is -2.83. The smallest absolute Gasteiger partial charge is 0.234 e. The van der Waals surface area contributed by atoms with Crippen molar-refractivity contribution in [1.29, 1.82) is 0 Å². The lowest BCUT2D eigenvalue weighted by molar-refractivity contribution is -0.113. The Kier molecular flexibility index (Phi) is 7.03. The molecule has 0 aliphatic carbocycles. The SMILES string of the molecule is CS(=O)(=O)c1ccc(Cl)c(NC(=O)CSc2nnc(COc3ccccc3F)n2N)c1. The normalized spacial score (nSPS) is 11.3. The van der Waals surface area contributed by atoms with Gasteiger partial charge in [-0.1, -0.05) is 35.5 Å². The number of thioether (sulfide) groups is 1. The van der Waals surface area contributed by atoms with E-state index in [-0.39, 0.29) is 44.7 Å². The first-order valence-corrected chi connectivity index (χ1v) is 11.9. The Balaban J connectivity index is 1.59. The van der Waals surface area contributed by atoms with E-state index in [0.29, 0.717) is 0 Å². The first-order valence-electron chi connectivity index (χ1n) is 8.64. The number of aromatic nitrogens is 3. The zero-order valence-electron chi connectivity index (χ0n) is 16.1. The molecule has 13 heteroatoms. The fourth-order valence-electron chi connectivity index (χ4n) is 2.36. The summed E-state index contributed by atoms with van der Waals surface area (Å²) in [7, 11) is -3.45. The number of carbonyl (C=O) groups excluding carboxylic acids is 1. The predicted molar refractivity (Wildman–Crippen MR) is 115 cm³/mol. The molecular weight excluding hydrogens is 469 g/mol. The molecule has 0 fully saturated rings. The molecule has 0 spiro atoms. The number of ether oxygens (including phenoxy) is 1. The average Bonchev–Trinajstić information content (AvgIpc) is 3.06. The van der Waals surface area contributed by atoms with E-state index < -0.39 is 21.6 Å². The van der Waals surface area contributed by atoms with Crippen LogP contribution in [0.5, 0.6) is 5.75 Å². The predicted octanol–water partition coefficient (Wildman–Crippen LogP) is 2.50. The van der Waals surface area contributed by atoms with E-state index in [1.165, 1.54) is 36.4 Å². The summed E-state index contributed by atoms with van der Waals surface area (Å²) in [6.07, 6.45) is 1.05. The number of nitrogens with one attached hydrogen (secondary N) is 1. The summed E-state index contributed by atoms with van der Waals surface area (Å²) < 4.78 is 43.4. The minimum Gasteiger partial charge on any atom is -0.482 e. The van der Waals surface area contributed by atoms with E-state index in [1.54, 1.807) is 6.07 Å². The first-order chi connectivity index (χ1) is 14.6. The van der Waals surface area contributed by atoms with Gasteiger partial charge in [0.25, 0.3) is 0 Å². The Bertz CT molecular complexity index is 1220. The highest BCUT2D eigenvalue weighted by molar-refractivity contribution is 7.99. The fourth-order valence-corrected chi connectivity index (χ4v) is 3.84. The standard InChI is InChI=1S/C18H17ClFN5O4S2/c1-31(27,28)11-6-7-12(19)14(8-11)22-17(26)10-30-18-24-23-16(25(18)21)9-29-15-5-3-2-4-13(15)20/h2-8H,9-10,21H2,1H3,(H,22,26). The summed E-state index contributed by atoms with van der Waals surface area (Å²) >= 11 is 7.03. The number of nitrogens with two attached hydrogens (primary N) is 1. The maximum Gasteiger partial charge on any atom is 0.234 e. The zero-order chi connectivity index (χ0) is 22.6. The molecule has 1 amide bonds. The van der Waals surface area contributed by atoms with Crippen LogP contribution in [0.25, 0.3) is 0 Å². The van der Waals surface area contributed by atoms with Crippen molar-refractivity contribution in [3.63, 3.8) is 0 Å². The highest BCUT2D eigenvalue weighted by Crippen LogP contribution is 2.26. The lowest BCUT2D eigenvalue weighted by Gasteiger charge is -2.09. The molecular formula is C18H17ClFN5O4S2. The number of halogens is 2. The average molecular weight is 486 g/mol. The van der Waals surface area contributed by atoms with E-state index in [4.69, 9.17) is 22.2 Å². The van der Waals surface area contributed by atoms with Crippen LogP contribution in [0.1, 0.15) is 5.82 Å². The van der Waals surface area contributed by atoms with Crippen molar-refractivity contribution in [3.8, 4) is 5.75 Å². The second-order valence-corrected chi connectivity index (χ2v) is 9.60. The number of benzene rings is 2. The van der Waals surface area contributed by atoms with Crippen molar-refractivity contribution in [3.05, 3.63) is 59.1 Å². The Morgan fingerprint density at radius 1 is 1.29 bits per heavy atom. The lowest BCUT2D eigenvalue weighted by Crippen LogP contribution is -2.18.